The van der Waals surface area contributed by atoms with E-state index in [0.29, 0.717) is 18.4 Å². The van der Waals surface area contributed by atoms with Crippen molar-refractivity contribution in [1.29, 1.82) is 0 Å². The van der Waals surface area contributed by atoms with Crippen LogP contribution in [0.4, 0.5) is 0 Å². The van der Waals surface area contributed by atoms with Crippen molar-refractivity contribution in [3.8, 4) is 5.75 Å². The molecule has 0 radical (unpaired) electrons. The molecule has 0 spiro atoms. The lowest BCUT2D eigenvalue weighted by atomic mass is 9.83. The number of furan rings is 1. The van der Waals surface area contributed by atoms with Gasteiger partial charge in [-0.1, -0.05) is 6.07 Å². The highest BCUT2D eigenvalue weighted by atomic mass is 16.3. The van der Waals surface area contributed by atoms with Crippen molar-refractivity contribution >= 4 is 0 Å². The third-order valence-electron chi connectivity index (χ3n) is 6.43. The van der Waals surface area contributed by atoms with Crippen molar-refractivity contribution in [3.63, 3.8) is 0 Å². The van der Waals surface area contributed by atoms with Crippen LogP contribution in [-0.2, 0) is 26.2 Å². The minimum absolute atomic E-state index is 0.153. The average Bonchev–Trinajstić information content (AvgIpc) is 3.25. The first-order chi connectivity index (χ1) is 15.0. The van der Waals surface area contributed by atoms with Crippen LogP contribution in [0.25, 0.3) is 0 Å². The molecule has 3 aromatic heterocycles. The van der Waals surface area contributed by atoms with Crippen LogP contribution in [0.2, 0.25) is 0 Å². The Balaban J connectivity index is 1.30. The second-order valence-electron chi connectivity index (χ2n) is 9.00. The quantitative estimate of drug-likeness (QED) is 0.661. The Morgan fingerprint density at radius 2 is 2.06 bits per heavy atom. The van der Waals surface area contributed by atoms with Gasteiger partial charge >= 0.3 is 0 Å². The van der Waals surface area contributed by atoms with Gasteiger partial charge in [0.05, 0.1) is 24.4 Å². The number of likely N-dealkylation sites (tertiary alicyclic amines) is 1. The zero-order chi connectivity index (χ0) is 21.4. The number of hydrogen-bond acceptors (Lipinski definition) is 6. The first-order valence-electron chi connectivity index (χ1n) is 10.8. The van der Waals surface area contributed by atoms with E-state index in [1.165, 1.54) is 6.20 Å². The number of nitrogens with zero attached hydrogens (tertiary/aromatic N) is 4. The molecular formula is C24H28N4O3. The first kappa shape index (κ1) is 20.0. The van der Waals surface area contributed by atoms with Crippen molar-refractivity contribution in [3.05, 3.63) is 81.9 Å². The fraction of sp³-hybridized carbons (Fsp3) is 0.417. The summed E-state index contributed by atoms with van der Waals surface area (Å²) in [5.74, 6) is 1.04. The number of aromatic nitrogens is 2. The molecule has 0 aromatic carbocycles. The van der Waals surface area contributed by atoms with Crippen LogP contribution in [0.3, 0.4) is 0 Å². The van der Waals surface area contributed by atoms with Gasteiger partial charge in [0.25, 0.3) is 5.56 Å². The number of aromatic hydroxyl groups is 1. The third kappa shape index (κ3) is 4.29. The topological polar surface area (TPSA) is 74.7 Å². The average molecular weight is 421 g/mol. The number of pyridine rings is 2. The Morgan fingerprint density at radius 1 is 1.16 bits per heavy atom. The van der Waals surface area contributed by atoms with Crippen molar-refractivity contribution in [1.82, 2.24) is 19.4 Å². The van der Waals surface area contributed by atoms with Crippen LogP contribution in [0, 0.1) is 5.92 Å². The summed E-state index contributed by atoms with van der Waals surface area (Å²) < 4.78 is 7.17. The van der Waals surface area contributed by atoms with Gasteiger partial charge in [-0.25, -0.2) is 0 Å². The summed E-state index contributed by atoms with van der Waals surface area (Å²) in [6, 6.07) is 9.70. The predicted octanol–water partition coefficient (Wildman–Crippen LogP) is 2.79. The van der Waals surface area contributed by atoms with Gasteiger partial charge in [-0.2, -0.15) is 0 Å². The smallest absolute Gasteiger partial charge is 0.255 e. The maximum atomic E-state index is 13.3. The highest BCUT2D eigenvalue weighted by Crippen LogP contribution is 2.35. The molecule has 0 amide bonds. The molecule has 162 valence electrons. The second-order valence-corrected chi connectivity index (χ2v) is 9.00. The Morgan fingerprint density at radius 3 is 2.84 bits per heavy atom. The van der Waals surface area contributed by atoms with Gasteiger partial charge in [0.15, 0.2) is 0 Å². The highest BCUT2D eigenvalue weighted by molar-refractivity contribution is 5.23. The first-order valence-corrected chi connectivity index (χ1v) is 10.8. The minimum Gasteiger partial charge on any atom is -0.506 e. The van der Waals surface area contributed by atoms with Crippen LogP contribution in [0.5, 0.6) is 5.75 Å². The van der Waals surface area contributed by atoms with Gasteiger partial charge in [0, 0.05) is 62.0 Å². The molecule has 5 heterocycles. The molecule has 1 fully saturated rings. The molecule has 0 aliphatic carbocycles. The standard InChI is InChI=1S/C24H28N4O3/c1-26(10-17-6-7-31-16-17)13-19-2-5-23-20-8-18(12-28(23)24(19)30)11-27(14-20)15-21-3-4-22(29)9-25-21/h2-7,9,16,18,20,29H,8,10-15H2,1H3/t18-,20+/m0/s1. The van der Waals surface area contributed by atoms with Gasteiger partial charge in [0.2, 0.25) is 0 Å². The number of rotatable bonds is 6. The Labute approximate surface area is 181 Å². The maximum absolute atomic E-state index is 13.3. The number of hydrogen-bond donors (Lipinski definition) is 1. The van der Waals surface area contributed by atoms with Gasteiger partial charge in [-0.05, 0) is 43.7 Å². The molecule has 5 rings (SSSR count). The minimum atomic E-state index is 0.153. The molecule has 7 heteroatoms. The molecule has 2 aliphatic heterocycles. The van der Waals surface area contributed by atoms with E-state index < -0.39 is 0 Å². The van der Waals surface area contributed by atoms with E-state index in [1.54, 1.807) is 18.6 Å². The molecule has 0 saturated carbocycles. The number of piperidine rings is 1. The van der Waals surface area contributed by atoms with E-state index in [-0.39, 0.29) is 11.3 Å². The van der Waals surface area contributed by atoms with Crippen LogP contribution >= 0.6 is 0 Å². The molecular weight excluding hydrogens is 392 g/mol. The largest absolute Gasteiger partial charge is 0.506 e. The van der Waals surface area contributed by atoms with Crippen molar-refractivity contribution in [2.24, 2.45) is 5.92 Å². The zero-order valence-corrected chi connectivity index (χ0v) is 17.8. The SMILES string of the molecule is CN(Cc1ccoc1)Cc1ccc2n(c1=O)C[C@H]1C[C@@H]2CN(Cc2ccc(O)cn2)C1. The lowest BCUT2D eigenvalue weighted by molar-refractivity contribution is 0.113. The summed E-state index contributed by atoms with van der Waals surface area (Å²) in [4.78, 5) is 22.2. The van der Waals surface area contributed by atoms with E-state index in [1.807, 2.05) is 29.8 Å². The molecule has 7 nitrogen and oxygen atoms in total. The van der Waals surface area contributed by atoms with Gasteiger partial charge in [0.1, 0.15) is 5.75 Å². The van der Waals surface area contributed by atoms with Crippen molar-refractivity contribution < 1.29 is 9.52 Å². The van der Waals surface area contributed by atoms with Gasteiger partial charge in [-0.15, -0.1) is 0 Å². The molecule has 1 N–H and O–H groups in total. The van der Waals surface area contributed by atoms with Gasteiger partial charge < -0.3 is 14.1 Å². The van der Waals surface area contributed by atoms with Crippen LogP contribution in [0.1, 0.15) is 34.9 Å². The van der Waals surface area contributed by atoms with E-state index in [4.69, 9.17) is 4.42 Å². The Kier molecular flexibility index (Phi) is 5.38. The van der Waals surface area contributed by atoms with Crippen molar-refractivity contribution in [2.45, 2.75) is 38.5 Å². The summed E-state index contributed by atoms with van der Waals surface area (Å²) in [5.41, 5.74) is 4.23. The van der Waals surface area contributed by atoms with Crippen LogP contribution in [0.15, 0.2) is 58.3 Å². The summed E-state index contributed by atoms with van der Waals surface area (Å²) in [6.45, 7) is 4.83. The normalized spacial score (nSPS) is 20.7. The predicted molar refractivity (Wildman–Crippen MR) is 117 cm³/mol. The molecule has 1 saturated heterocycles. The van der Waals surface area contributed by atoms with E-state index in [0.717, 1.165) is 61.7 Å². The summed E-state index contributed by atoms with van der Waals surface area (Å²) in [6.07, 6.45) is 6.06. The Bertz CT molecular complexity index is 1090. The van der Waals surface area contributed by atoms with Crippen molar-refractivity contribution in [2.75, 3.05) is 20.1 Å². The fourth-order valence-electron chi connectivity index (χ4n) is 5.12. The maximum Gasteiger partial charge on any atom is 0.255 e. The number of fused-ring (bicyclic) bond motifs is 4. The molecule has 3 aromatic rings. The highest BCUT2D eigenvalue weighted by Gasteiger charge is 2.35. The second kappa shape index (κ2) is 8.32. The fourth-order valence-corrected chi connectivity index (χ4v) is 5.12. The lowest BCUT2D eigenvalue weighted by Gasteiger charge is -2.43. The van der Waals surface area contributed by atoms with Crippen LogP contribution in [-0.4, -0.2) is 44.6 Å². The Hall–Kier alpha value is -2.90. The summed E-state index contributed by atoms with van der Waals surface area (Å²) in [7, 11) is 2.03. The van der Waals surface area contributed by atoms with E-state index in [9.17, 15) is 9.90 Å². The summed E-state index contributed by atoms with van der Waals surface area (Å²) >= 11 is 0. The van der Waals surface area contributed by atoms with Crippen LogP contribution < -0.4 is 5.56 Å². The molecule has 2 bridgehead atoms. The van der Waals surface area contributed by atoms with E-state index in [2.05, 4.69) is 20.9 Å². The van der Waals surface area contributed by atoms with E-state index >= 15 is 0 Å². The monoisotopic (exact) mass is 420 g/mol. The molecule has 2 atom stereocenters. The molecule has 31 heavy (non-hydrogen) atoms. The summed E-state index contributed by atoms with van der Waals surface area (Å²) in [5, 5.41) is 9.45. The molecule has 0 unspecified atom stereocenters. The molecule has 2 aliphatic rings. The third-order valence-corrected chi connectivity index (χ3v) is 6.43. The zero-order valence-electron chi connectivity index (χ0n) is 17.8. The lowest BCUT2D eigenvalue weighted by Crippen LogP contribution is -2.47. The van der Waals surface area contributed by atoms with Gasteiger partial charge in [-0.3, -0.25) is 19.6 Å².